The first-order chi connectivity index (χ1) is 5.81. The number of aldehydes is 1. The van der Waals surface area contributed by atoms with Gasteiger partial charge in [-0.15, -0.1) is 0 Å². The zero-order chi connectivity index (χ0) is 8.97. The van der Waals surface area contributed by atoms with E-state index in [2.05, 4.69) is 0 Å². The summed E-state index contributed by atoms with van der Waals surface area (Å²) in [6.07, 6.45) is 0.651. The number of nitrogens with zero attached hydrogens (tertiary/aromatic N) is 1. The summed E-state index contributed by atoms with van der Waals surface area (Å²) >= 11 is 0. The Morgan fingerprint density at radius 2 is 2.33 bits per heavy atom. The molecule has 0 amide bonds. The van der Waals surface area contributed by atoms with Gasteiger partial charge >= 0.3 is 0 Å². The van der Waals surface area contributed by atoms with Gasteiger partial charge in [0, 0.05) is 5.56 Å². The number of benzene rings is 1. The standard InChI is InChI=1S/C9H7NO2/c1-12-9-3-2-7(6-11)8(4-9)5-10/h2-4,6H,1H3. The minimum atomic E-state index is 0.337. The first-order valence-corrected chi connectivity index (χ1v) is 3.35. The van der Waals surface area contributed by atoms with Crippen LogP contribution in [0.1, 0.15) is 15.9 Å². The number of rotatable bonds is 2. The molecule has 0 bridgehead atoms. The average Bonchev–Trinajstić information content (AvgIpc) is 2.16. The molecule has 0 unspecified atom stereocenters. The summed E-state index contributed by atoms with van der Waals surface area (Å²) in [5.74, 6) is 0.581. The van der Waals surface area contributed by atoms with Gasteiger partial charge in [-0.25, -0.2) is 0 Å². The Labute approximate surface area is 70.2 Å². The molecule has 0 aliphatic carbocycles. The van der Waals surface area contributed by atoms with Crippen LogP contribution in [0, 0.1) is 11.3 Å². The second-order valence-electron chi connectivity index (χ2n) is 2.18. The smallest absolute Gasteiger partial charge is 0.151 e. The Hall–Kier alpha value is -1.82. The first kappa shape index (κ1) is 8.28. The second-order valence-corrected chi connectivity index (χ2v) is 2.18. The van der Waals surface area contributed by atoms with Gasteiger partial charge in [-0.05, 0) is 18.2 Å². The molecule has 0 heterocycles. The molecule has 60 valence electrons. The number of methoxy groups -OCH3 is 1. The number of carbonyl (C=O) groups is 1. The Balaban J connectivity index is 3.22. The fourth-order valence-electron chi connectivity index (χ4n) is 0.862. The Kier molecular flexibility index (Phi) is 2.44. The van der Waals surface area contributed by atoms with Crippen molar-refractivity contribution in [2.45, 2.75) is 0 Å². The highest BCUT2D eigenvalue weighted by Gasteiger charge is 2.01. The van der Waals surface area contributed by atoms with E-state index in [1.807, 2.05) is 6.07 Å². The molecule has 0 aromatic heterocycles. The topological polar surface area (TPSA) is 50.1 Å². The third-order valence-corrected chi connectivity index (χ3v) is 1.51. The van der Waals surface area contributed by atoms with Crippen molar-refractivity contribution in [1.29, 1.82) is 5.26 Å². The lowest BCUT2D eigenvalue weighted by atomic mass is 10.1. The van der Waals surface area contributed by atoms with Gasteiger partial charge < -0.3 is 4.74 Å². The average molecular weight is 161 g/mol. The zero-order valence-corrected chi connectivity index (χ0v) is 6.57. The minimum Gasteiger partial charge on any atom is -0.497 e. The fraction of sp³-hybridized carbons (Fsp3) is 0.111. The van der Waals surface area contributed by atoms with Gasteiger partial charge in [0.2, 0.25) is 0 Å². The minimum absolute atomic E-state index is 0.337. The van der Waals surface area contributed by atoms with E-state index in [9.17, 15) is 4.79 Å². The van der Waals surface area contributed by atoms with Gasteiger partial charge in [0.05, 0.1) is 12.7 Å². The third-order valence-electron chi connectivity index (χ3n) is 1.51. The molecule has 0 aliphatic rings. The molecule has 0 fully saturated rings. The number of hydrogen-bond acceptors (Lipinski definition) is 3. The fourth-order valence-corrected chi connectivity index (χ4v) is 0.862. The van der Waals surface area contributed by atoms with E-state index in [1.54, 1.807) is 12.1 Å². The number of ether oxygens (including phenoxy) is 1. The highest BCUT2D eigenvalue weighted by Crippen LogP contribution is 2.15. The lowest BCUT2D eigenvalue weighted by molar-refractivity contribution is 0.112. The molecule has 1 aromatic carbocycles. The Morgan fingerprint density at radius 1 is 1.58 bits per heavy atom. The number of carbonyl (C=O) groups excluding carboxylic acids is 1. The van der Waals surface area contributed by atoms with Gasteiger partial charge in [0.25, 0.3) is 0 Å². The molecule has 12 heavy (non-hydrogen) atoms. The van der Waals surface area contributed by atoms with Crippen molar-refractivity contribution in [3.05, 3.63) is 29.3 Å². The molecule has 0 spiro atoms. The first-order valence-electron chi connectivity index (χ1n) is 3.35. The van der Waals surface area contributed by atoms with Crippen LogP contribution in [-0.2, 0) is 0 Å². The summed E-state index contributed by atoms with van der Waals surface area (Å²) in [6.45, 7) is 0. The maximum Gasteiger partial charge on any atom is 0.151 e. The van der Waals surface area contributed by atoms with Crippen molar-refractivity contribution in [2.24, 2.45) is 0 Å². The highest BCUT2D eigenvalue weighted by molar-refractivity contribution is 5.79. The maximum atomic E-state index is 10.4. The predicted molar refractivity (Wildman–Crippen MR) is 43.1 cm³/mol. The van der Waals surface area contributed by atoms with Crippen molar-refractivity contribution < 1.29 is 9.53 Å². The molecule has 1 aromatic rings. The molecular formula is C9H7NO2. The molecule has 0 saturated carbocycles. The van der Waals surface area contributed by atoms with Gasteiger partial charge in [-0.2, -0.15) is 5.26 Å². The highest BCUT2D eigenvalue weighted by atomic mass is 16.5. The van der Waals surface area contributed by atoms with E-state index >= 15 is 0 Å². The van der Waals surface area contributed by atoms with E-state index in [-0.39, 0.29) is 0 Å². The van der Waals surface area contributed by atoms with Crippen LogP contribution < -0.4 is 4.74 Å². The molecule has 0 atom stereocenters. The molecular weight excluding hydrogens is 154 g/mol. The van der Waals surface area contributed by atoms with Crippen molar-refractivity contribution in [2.75, 3.05) is 7.11 Å². The largest absolute Gasteiger partial charge is 0.497 e. The van der Waals surface area contributed by atoms with Crippen molar-refractivity contribution in [3.8, 4) is 11.8 Å². The van der Waals surface area contributed by atoms with E-state index in [1.165, 1.54) is 13.2 Å². The lowest BCUT2D eigenvalue weighted by Gasteiger charge is -2.00. The molecule has 0 aliphatic heterocycles. The van der Waals surface area contributed by atoms with Gasteiger partial charge in [-0.3, -0.25) is 4.79 Å². The Bertz CT molecular complexity index is 339. The van der Waals surface area contributed by atoms with Crippen LogP contribution in [-0.4, -0.2) is 13.4 Å². The van der Waals surface area contributed by atoms with Crippen LogP contribution in [0.2, 0.25) is 0 Å². The molecule has 0 radical (unpaired) electrons. The lowest BCUT2D eigenvalue weighted by Crippen LogP contribution is -1.89. The van der Waals surface area contributed by atoms with Crippen LogP contribution in [0.4, 0.5) is 0 Å². The monoisotopic (exact) mass is 161 g/mol. The molecule has 0 N–H and O–H groups in total. The third kappa shape index (κ3) is 1.43. The summed E-state index contributed by atoms with van der Waals surface area (Å²) in [5.41, 5.74) is 0.725. The van der Waals surface area contributed by atoms with E-state index in [0.29, 0.717) is 23.2 Å². The maximum absolute atomic E-state index is 10.4. The van der Waals surface area contributed by atoms with Crippen LogP contribution in [0.3, 0.4) is 0 Å². The van der Waals surface area contributed by atoms with Crippen molar-refractivity contribution in [1.82, 2.24) is 0 Å². The summed E-state index contributed by atoms with van der Waals surface area (Å²) in [4.78, 5) is 10.4. The second kappa shape index (κ2) is 3.54. The summed E-state index contributed by atoms with van der Waals surface area (Å²) in [6, 6.07) is 6.64. The zero-order valence-electron chi connectivity index (χ0n) is 6.57. The van der Waals surface area contributed by atoms with E-state index < -0.39 is 0 Å². The van der Waals surface area contributed by atoms with Crippen LogP contribution in [0.15, 0.2) is 18.2 Å². The summed E-state index contributed by atoms with van der Waals surface area (Å²) in [5, 5.41) is 8.61. The quantitative estimate of drug-likeness (QED) is 0.615. The van der Waals surface area contributed by atoms with E-state index in [4.69, 9.17) is 10.00 Å². The normalized spacial score (nSPS) is 8.67. The van der Waals surface area contributed by atoms with Gasteiger partial charge in [0.1, 0.15) is 11.8 Å². The molecule has 3 nitrogen and oxygen atoms in total. The number of hydrogen-bond donors (Lipinski definition) is 0. The van der Waals surface area contributed by atoms with Crippen LogP contribution in [0.25, 0.3) is 0 Å². The molecule has 0 saturated heterocycles. The van der Waals surface area contributed by atoms with Crippen LogP contribution >= 0.6 is 0 Å². The van der Waals surface area contributed by atoms with Crippen molar-refractivity contribution in [3.63, 3.8) is 0 Å². The van der Waals surface area contributed by atoms with Gasteiger partial charge in [0.15, 0.2) is 6.29 Å². The van der Waals surface area contributed by atoms with Crippen LogP contribution in [0.5, 0.6) is 5.75 Å². The predicted octanol–water partition coefficient (Wildman–Crippen LogP) is 1.38. The molecule has 3 heteroatoms. The number of nitriles is 1. The molecule has 1 rings (SSSR count). The summed E-state index contributed by atoms with van der Waals surface area (Å²) < 4.78 is 4.89. The van der Waals surface area contributed by atoms with Crippen molar-refractivity contribution >= 4 is 6.29 Å². The Morgan fingerprint density at radius 3 is 2.83 bits per heavy atom. The van der Waals surface area contributed by atoms with E-state index in [0.717, 1.165) is 0 Å². The summed E-state index contributed by atoms with van der Waals surface area (Å²) in [7, 11) is 1.51. The SMILES string of the molecule is COc1ccc(C=O)c(C#N)c1. The van der Waals surface area contributed by atoms with Gasteiger partial charge in [-0.1, -0.05) is 0 Å².